The van der Waals surface area contributed by atoms with Gasteiger partial charge in [0.1, 0.15) is 5.69 Å². The number of benzene rings is 1. The first-order valence-electron chi connectivity index (χ1n) is 11.7. The second kappa shape index (κ2) is 9.56. The summed E-state index contributed by atoms with van der Waals surface area (Å²) in [5, 5.41) is 3.56. The maximum absolute atomic E-state index is 13.5. The number of alkyl halides is 6. The lowest BCUT2D eigenvalue weighted by molar-refractivity contribution is -0.141. The number of carbonyl (C=O) groups excluding carboxylic acids is 1. The number of hydrogen-bond donors (Lipinski definition) is 1. The fourth-order valence-electron chi connectivity index (χ4n) is 5.11. The van der Waals surface area contributed by atoms with Crippen molar-refractivity contribution in [1.29, 1.82) is 0 Å². The fourth-order valence-corrected chi connectivity index (χ4v) is 6.07. The summed E-state index contributed by atoms with van der Waals surface area (Å²) < 4.78 is 80.1. The minimum atomic E-state index is -4.79. The van der Waals surface area contributed by atoms with Crippen LogP contribution in [0.5, 0.6) is 0 Å². The fraction of sp³-hybridized carbons (Fsp3) is 0.565. The number of thioether (sulfide) groups is 1. The smallest absolute Gasteiger partial charge is 0.368 e. The lowest BCUT2D eigenvalue weighted by Gasteiger charge is -2.39. The van der Waals surface area contributed by atoms with Gasteiger partial charge in [-0.3, -0.25) is 9.69 Å². The maximum Gasteiger partial charge on any atom is 0.433 e. The van der Waals surface area contributed by atoms with E-state index in [0.29, 0.717) is 51.1 Å². The van der Waals surface area contributed by atoms with Crippen LogP contribution in [0, 0.1) is 0 Å². The van der Waals surface area contributed by atoms with Crippen LogP contribution >= 0.6 is 11.8 Å². The van der Waals surface area contributed by atoms with E-state index in [1.807, 2.05) is 4.90 Å². The van der Waals surface area contributed by atoms with E-state index >= 15 is 0 Å². The van der Waals surface area contributed by atoms with Crippen molar-refractivity contribution in [3.05, 3.63) is 35.5 Å². The molecule has 0 radical (unpaired) electrons. The van der Waals surface area contributed by atoms with Crippen LogP contribution in [-0.4, -0.2) is 83.7 Å². The number of halogens is 6. The average Bonchev–Trinajstić information content (AvgIpc) is 3.54. The Bertz CT molecular complexity index is 1120. The van der Waals surface area contributed by atoms with Gasteiger partial charge < -0.3 is 15.1 Å². The first-order chi connectivity index (χ1) is 17.0. The Kier molecular flexibility index (Phi) is 6.75. The van der Waals surface area contributed by atoms with E-state index in [9.17, 15) is 31.1 Å². The van der Waals surface area contributed by atoms with Crippen molar-refractivity contribution in [2.24, 2.45) is 0 Å². The molecule has 36 heavy (non-hydrogen) atoms. The Hall–Kier alpha value is -2.25. The number of hydrogen-bond acceptors (Lipinski definition) is 6. The van der Waals surface area contributed by atoms with Crippen LogP contribution in [0.3, 0.4) is 0 Å². The van der Waals surface area contributed by atoms with Gasteiger partial charge in [0.25, 0.3) is 0 Å². The van der Waals surface area contributed by atoms with Crippen LogP contribution in [0.4, 0.5) is 32.0 Å². The Balaban J connectivity index is 1.31. The summed E-state index contributed by atoms with van der Waals surface area (Å²) in [4.78, 5) is 22.1. The molecule has 0 aliphatic carbocycles. The molecule has 3 fully saturated rings. The Morgan fingerprint density at radius 1 is 1.00 bits per heavy atom. The van der Waals surface area contributed by atoms with Crippen LogP contribution in [0.1, 0.15) is 17.7 Å². The van der Waals surface area contributed by atoms with Crippen LogP contribution in [0.15, 0.2) is 24.3 Å². The number of rotatable bonds is 3. The van der Waals surface area contributed by atoms with Gasteiger partial charge in [0.2, 0.25) is 5.91 Å². The first-order valence-corrected chi connectivity index (χ1v) is 12.8. The molecule has 0 saturated carbocycles. The SMILES string of the molecule is O=C([C@@H]1C[C@H](N2CCN(c3cc(C(F)(F)F)nc4cc(C(F)(F)F)ccc34)CC2)CN1)N1CCSC1. The zero-order valence-electron chi connectivity index (χ0n) is 19.2. The Labute approximate surface area is 208 Å². The van der Waals surface area contributed by atoms with E-state index < -0.39 is 23.6 Å². The molecule has 1 aromatic carbocycles. The van der Waals surface area contributed by atoms with Gasteiger partial charge in [0.05, 0.1) is 23.0 Å². The van der Waals surface area contributed by atoms with Gasteiger partial charge in [-0.15, -0.1) is 11.8 Å². The highest BCUT2D eigenvalue weighted by Gasteiger charge is 2.38. The van der Waals surface area contributed by atoms with Crippen LogP contribution in [0.2, 0.25) is 0 Å². The predicted molar refractivity (Wildman–Crippen MR) is 125 cm³/mol. The zero-order valence-corrected chi connectivity index (χ0v) is 20.0. The average molecular weight is 534 g/mol. The molecule has 0 bridgehead atoms. The van der Waals surface area contributed by atoms with Gasteiger partial charge in [0.15, 0.2) is 0 Å². The van der Waals surface area contributed by atoms with E-state index in [1.54, 1.807) is 16.7 Å². The van der Waals surface area contributed by atoms with Crippen molar-refractivity contribution in [3.63, 3.8) is 0 Å². The Morgan fingerprint density at radius 2 is 1.75 bits per heavy atom. The lowest BCUT2D eigenvalue weighted by atomic mass is 10.1. The number of aromatic nitrogens is 1. The van der Waals surface area contributed by atoms with E-state index in [-0.39, 0.29) is 34.6 Å². The van der Waals surface area contributed by atoms with Crippen molar-refractivity contribution in [1.82, 2.24) is 20.1 Å². The van der Waals surface area contributed by atoms with Crippen molar-refractivity contribution in [2.45, 2.75) is 30.9 Å². The summed E-state index contributed by atoms with van der Waals surface area (Å²) >= 11 is 1.73. The molecule has 13 heteroatoms. The van der Waals surface area contributed by atoms with Gasteiger partial charge in [-0.2, -0.15) is 26.3 Å². The molecule has 2 aromatic rings. The highest BCUT2D eigenvalue weighted by Crippen LogP contribution is 2.38. The number of piperazine rings is 1. The predicted octanol–water partition coefficient (Wildman–Crippen LogP) is 3.66. The molecule has 0 unspecified atom stereocenters. The molecule has 3 saturated heterocycles. The highest BCUT2D eigenvalue weighted by atomic mass is 32.2. The third-order valence-electron chi connectivity index (χ3n) is 7.05. The van der Waals surface area contributed by atoms with E-state index in [0.717, 1.165) is 24.4 Å². The van der Waals surface area contributed by atoms with Crippen molar-refractivity contribution < 1.29 is 31.1 Å². The summed E-state index contributed by atoms with van der Waals surface area (Å²) in [7, 11) is 0. The van der Waals surface area contributed by atoms with Crippen LogP contribution < -0.4 is 10.2 Å². The quantitative estimate of drug-likeness (QED) is 0.608. The van der Waals surface area contributed by atoms with E-state index in [4.69, 9.17) is 0 Å². The first kappa shape index (κ1) is 25.4. The molecule has 4 heterocycles. The van der Waals surface area contributed by atoms with Gasteiger partial charge in [-0.1, -0.05) is 6.07 Å². The molecule has 3 aliphatic heterocycles. The lowest BCUT2D eigenvalue weighted by Crippen LogP contribution is -2.51. The molecule has 2 atom stereocenters. The number of nitrogens with zero attached hydrogens (tertiary/aromatic N) is 4. The van der Waals surface area contributed by atoms with Gasteiger partial charge in [0, 0.05) is 62.1 Å². The molecular formula is C23H25F6N5OS. The number of carbonyl (C=O) groups is 1. The standard InChI is InChI=1S/C23H25F6N5OS/c24-22(25,26)14-1-2-16-17(9-14)31-20(23(27,28)29)11-19(16)33-5-3-32(4-6-33)15-10-18(30-12-15)21(35)34-7-8-36-13-34/h1-2,9,11,15,18,30H,3-8,10,12-13H2/t15-,18-/m0/s1. The van der Waals surface area contributed by atoms with E-state index in [2.05, 4.69) is 15.2 Å². The van der Waals surface area contributed by atoms with E-state index in [1.165, 1.54) is 6.07 Å². The molecule has 3 aliphatic rings. The maximum atomic E-state index is 13.5. The molecule has 1 N–H and O–H groups in total. The third kappa shape index (κ3) is 5.10. The largest absolute Gasteiger partial charge is 0.433 e. The minimum absolute atomic E-state index is 0.113. The summed E-state index contributed by atoms with van der Waals surface area (Å²) in [6.07, 6.45) is -8.79. The third-order valence-corrected chi connectivity index (χ3v) is 8.01. The minimum Gasteiger partial charge on any atom is -0.368 e. The zero-order chi connectivity index (χ0) is 25.7. The second-order valence-corrected chi connectivity index (χ2v) is 10.3. The molecule has 1 amide bonds. The number of amides is 1. The topological polar surface area (TPSA) is 51.7 Å². The number of fused-ring (bicyclic) bond motifs is 1. The van der Waals surface area contributed by atoms with Gasteiger partial charge >= 0.3 is 12.4 Å². The normalized spacial score (nSPS) is 24.2. The molecule has 196 valence electrons. The molecule has 5 rings (SSSR count). The number of pyridine rings is 1. The highest BCUT2D eigenvalue weighted by molar-refractivity contribution is 7.99. The monoisotopic (exact) mass is 533 g/mol. The van der Waals surface area contributed by atoms with Gasteiger partial charge in [-0.25, -0.2) is 4.98 Å². The van der Waals surface area contributed by atoms with Crippen molar-refractivity contribution in [2.75, 3.05) is 55.8 Å². The van der Waals surface area contributed by atoms with Crippen molar-refractivity contribution >= 4 is 34.3 Å². The summed E-state index contributed by atoms with van der Waals surface area (Å²) in [5.41, 5.74) is -2.36. The summed E-state index contributed by atoms with van der Waals surface area (Å²) in [6, 6.07) is 3.58. The Morgan fingerprint density at radius 3 is 2.39 bits per heavy atom. The number of nitrogens with one attached hydrogen (secondary N) is 1. The molecule has 0 spiro atoms. The molecule has 1 aromatic heterocycles. The van der Waals surface area contributed by atoms with Gasteiger partial charge in [-0.05, 0) is 24.6 Å². The van der Waals surface area contributed by atoms with Crippen LogP contribution in [0.25, 0.3) is 10.9 Å². The summed E-state index contributed by atoms with van der Waals surface area (Å²) in [5.74, 6) is 1.77. The van der Waals surface area contributed by atoms with Crippen LogP contribution in [-0.2, 0) is 17.1 Å². The van der Waals surface area contributed by atoms with Crippen molar-refractivity contribution in [3.8, 4) is 0 Å². The number of anilines is 1. The molecule has 6 nitrogen and oxygen atoms in total. The molecular weight excluding hydrogens is 508 g/mol. The second-order valence-electron chi connectivity index (χ2n) is 9.27. The summed E-state index contributed by atoms with van der Waals surface area (Å²) in [6.45, 7) is 3.38.